The lowest BCUT2D eigenvalue weighted by molar-refractivity contribution is -0.228. The van der Waals surface area contributed by atoms with Crippen LogP contribution in [0.15, 0.2) is 23.3 Å². The van der Waals surface area contributed by atoms with E-state index < -0.39 is 69.7 Å². The molecule has 4 aliphatic carbocycles. The molecule has 0 aromatic rings. The van der Waals surface area contributed by atoms with Crippen LogP contribution in [0.2, 0.25) is 0 Å². The lowest BCUT2D eigenvalue weighted by Crippen LogP contribution is -2.66. The number of hydrogen-bond acceptors (Lipinski definition) is 8. The normalized spacial score (nSPS) is 44.0. The van der Waals surface area contributed by atoms with Gasteiger partial charge in [0.15, 0.2) is 11.4 Å². The van der Waals surface area contributed by atoms with Crippen molar-refractivity contribution < 1.29 is 39.2 Å². The second-order valence-electron chi connectivity index (χ2n) is 11.0. The second kappa shape index (κ2) is 7.73. The van der Waals surface area contributed by atoms with Crippen LogP contribution in [-0.2, 0) is 23.9 Å². The van der Waals surface area contributed by atoms with E-state index in [0.29, 0.717) is 11.1 Å². The molecule has 0 spiro atoms. The van der Waals surface area contributed by atoms with Crippen LogP contribution in [0.1, 0.15) is 60.8 Å². The van der Waals surface area contributed by atoms with Gasteiger partial charge < -0.3 is 24.8 Å². The van der Waals surface area contributed by atoms with E-state index in [4.69, 9.17) is 9.47 Å². The number of esters is 2. The van der Waals surface area contributed by atoms with Gasteiger partial charge in [0.2, 0.25) is 0 Å². The number of Topliss-reactive ketones (excluding diaryl/α,β-unsaturated/α-hetero) is 1. The van der Waals surface area contributed by atoms with Crippen molar-refractivity contribution in [1.29, 1.82) is 0 Å². The Balaban J connectivity index is 1.95. The van der Waals surface area contributed by atoms with Crippen LogP contribution < -0.4 is 0 Å². The number of carbonyl (C=O) groups excluding carboxylic acids is 3. The number of rotatable bonds is 5. The minimum absolute atomic E-state index is 0.105. The summed E-state index contributed by atoms with van der Waals surface area (Å²) in [5, 5.41) is 34.2. The Morgan fingerprint density at radius 1 is 1.12 bits per heavy atom. The molecule has 0 unspecified atom stereocenters. The maximum absolute atomic E-state index is 13.1. The van der Waals surface area contributed by atoms with Crippen molar-refractivity contribution >= 4 is 17.7 Å². The van der Waals surface area contributed by atoms with Crippen LogP contribution in [-0.4, -0.2) is 62.6 Å². The fourth-order valence-electron chi connectivity index (χ4n) is 7.31. The molecule has 8 heteroatoms. The third-order valence-electron chi connectivity index (χ3n) is 9.08. The molecule has 0 saturated heterocycles. The SMILES string of the molecule is CCC(=O)O[C@@H]1[C@@H](C)[C@@]2(O)[C@@H](C=C(CO)C[C@]3(O)C(=O)C(C)=C[C@@H]23)[C@@H]2C(C)(C)[C@]12OC(=O)CC. The zero-order valence-corrected chi connectivity index (χ0v) is 20.8. The van der Waals surface area contributed by atoms with Gasteiger partial charge in [0.05, 0.1) is 12.2 Å². The lowest BCUT2D eigenvalue weighted by atomic mass is 9.59. The van der Waals surface area contributed by atoms with Crippen LogP contribution in [0.3, 0.4) is 0 Å². The quantitative estimate of drug-likeness (QED) is 0.405. The van der Waals surface area contributed by atoms with E-state index >= 15 is 0 Å². The summed E-state index contributed by atoms with van der Waals surface area (Å²) >= 11 is 0. The van der Waals surface area contributed by atoms with Crippen molar-refractivity contribution in [3.63, 3.8) is 0 Å². The van der Waals surface area contributed by atoms with Crippen LogP contribution in [0.5, 0.6) is 0 Å². The first-order valence-electron chi connectivity index (χ1n) is 12.2. The molecule has 2 fully saturated rings. The minimum atomic E-state index is -1.92. The summed E-state index contributed by atoms with van der Waals surface area (Å²) in [5.74, 6) is -4.30. The van der Waals surface area contributed by atoms with Gasteiger partial charge in [-0.15, -0.1) is 0 Å². The molecule has 188 valence electrons. The highest BCUT2D eigenvalue weighted by Crippen LogP contribution is 2.77. The summed E-state index contributed by atoms with van der Waals surface area (Å²) in [6.07, 6.45) is 2.51. The predicted octanol–water partition coefficient (Wildman–Crippen LogP) is 1.85. The first-order chi connectivity index (χ1) is 15.8. The summed E-state index contributed by atoms with van der Waals surface area (Å²) in [4.78, 5) is 38.2. The van der Waals surface area contributed by atoms with E-state index in [1.807, 2.05) is 13.8 Å². The van der Waals surface area contributed by atoms with Crippen molar-refractivity contribution in [2.45, 2.75) is 83.7 Å². The van der Waals surface area contributed by atoms with Crippen LogP contribution in [0.4, 0.5) is 0 Å². The molecular weight excluding hydrogens is 440 g/mol. The van der Waals surface area contributed by atoms with E-state index in [1.165, 1.54) is 0 Å². The fourth-order valence-corrected chi connectivity index (χ4v) is 7.31. The average molecular weight is 477 g/mol. The molecule has 0 aliphatic heterocycles. The number of fused-ring (bicyclic) bond motifs is 5. The third kappa shape index (κ3) is 2.91. The van der Waals surface area contributed by atoms with E-state index in [-0.39, 0.29) is 25.9 Å². The van der Waals surface area contributed by atoms with Crippen molar-refractivity contribution in [1.82, 2.24) is 0 Å². The summed E-state index contributed by atoms with van der Waals surface area (Å²) in [6.45, 7) is 10.1. The number of ether oxygens (including phenoxy) is 2. The monoisotopic (exact) mass is 476 g/mol. The van der Waals surface area contributed by atoms with Crippen LogP contribution >= 0.6 is 0 Å². The molecule has 0 heterocycles. The second-order valence-corrected chi connectivity index (χ2v) is 11.0. The molecular formula is C26H36O8. The molecule has 0 aromatic carbocycles. The van der Waals surface area contributed by atoms with Gasteiger partial charge in [0.1, 0.15) is 11.7 Å². The lowest BCUT2D eigenvalue weighted by Gasteiger charge is -2.53. The first-order valence-corrected chi connectivity index (χ1v) is 12.2. The number of carbonyl (C=O) groups is 3. The molecule has 0 amide bonds. The molecule has 2 saturated carbocycles. The zero-order chi connectivity index (χ0) is 25.4. The molecule has 34 heavy (non-hydrogen) atoms. The summed E-state index contributed by atoms with van der Waals surface area (Å²) in [6, 6.07) is 0. The first kappa shape index (κ1) is 25.1. The molecule has 0 aromatic heterocycles. The highest BCUT2D eigenvalue weighted by atomic mass is 16.6. The van der Waals surface area contributed by atoms with E-state index in [1.54, 1.807) is 39.8 Å². The Bertz CT molecular complexity index is 995. The van der Waals surface area contributed by atoms with Gasteiger partial charge in [-0.05, 0) is 18.1 Å². The molecule has 4 rings (SSSR count). The van der Waals surface area contributed by atoms with Gasteiger partial charge in [0, 0.05) is 48.3 Å². The van der Waals surface area contributed by atoms with Gasteiger partial charge in [-0.3, -0.25) is 14.4 Å². The molecule has 8 nitrogen and oxygen atoms in total. The maximum Gasteiger partial charge on any atom is 0.306 e. The summed E-state index contributed by atoms with van der Waals surface area (Å²) < 4.78 is 12.0. The molecule has 0 bridgehead atoms. The van der Waals surface area contributed by atoms with E-state index in [9.17, 15) is 29.7 Å². The van der Waals surface area contributed by atoms with Gasteiger partial charge in [-0.1, -0.05) is 46.8 Å². The molecule has 3 N–H and O–H groups in total. The number of aliphatic hydroxyl groups excluding tert-OH is 1. The standard InChI is InChI=1S/C26H36O8/c1-7-18(28)33-22-14(4)25(32)16(20-23(5,6)26(20,22)34-19(29)8-2)10-15(12-27)11-24(31)17(25)9-13(3)21(24)30/h9-10,14,16-17,20,22,27,31-32H,7-8,11-12H2,1-6H3/t14-,16+,17-,20-,22-,24-,25-,26-/m1/s1. The van der Waals surface area contributed by atoms with Crippen molar-refractivity contribution in [3.05, 3.63) is 23.3 Å². The van der Waals surface area contributed by atoms with Gasteiger partial charge in [0.25, 0.3) is 0 Å². The Morgan fingerprint density at radius 3 is 2.29 bits per heavy atom. The third-order valence-corrected chi connectivity index (χ3v) is 9.08. The Morgan fingerprint density at radius 2 is 1.74 bits per heavy atom. The van der Waals surface area contributed by atoms with Gasteiger partial charge >= 0.3 is 11.9 Å². The summed E-state index contributed by atoms with van der Waals surface area (Å²) in [5.41, 5.74) is -4.69. The molecule has 4 aliphatic rings. The minimum Gasteiger partial charge on any atom is -0.458 e. The van der Waals surface area contributed by atoms with E-state index in [2.05, 4.69) is 0 Å². The van der Waals surface area contributed by atoms with Crippen molar-refractivity contribution in [2.24, 2.45) is 29.1 Å². The summed E-state index contributed by atoms with van der Waals surface area (Å²) in [7, 11) is 0. The van der Waals surface area contributed by atoms with Crippen LogP contribution in [0, 0.1) is 29.1 Å². The maximum atomic E-state index is 13.1. The topological polar surface area (TPSA) is 130 Å². The highest BCUT2D eigenvalue weighted by molar-refractivity contribution is 6.04. The Labute approximate surface area is 200 Å². The smallest absolute Gasteiger partial charge is 0.306 e. The Hall–Kier alpha value is -2.03. The van der Waals surface area contributed by atoms with Gasteiger partial charge in [-0.2, -0.15) is 0 Å². The molecule has 0 radical (unpaired) electrons. The van der Waals surface area contributed by atoms with Crippen molar-refractivity contribution in [3.8, 4) is 0 Å². The molecule has 8 atom stereocenters. The number of aliphatic hydroxyl groups is 3. The van der Waals surface area contributed by atoms with Crippen molar-refractivity contribution in [2.75, 3.05) is 6.61 Å². The predicted molar refractivity (Wildman–Crippen MR) is 121 cm³/mol. The van der Waals surface area contributed by atoms with Crippen LogP contribution in [0.25, 0.3) is 0 Å². The largest absolute Gasteiger partial charge is 0.458 e. The number of hydrogen-bond donors (Lipinski definition) is 3. The zero-order valence-electron chi connectivity index (χ0n) is 20.8. The highest BCUT2D eigenvalue weighted by Gasteiger charge is 2.87. The van der Waals surface area contributed by atoms with E-state index in [0.717, 1.165) is 0 Å². The van der Waals surface area contributed by atoms with Gasteiger partial charge in [-0.25, -0.2) is 0 Å². The average Bonchev–Trinajstić information content (AvgIpc) is 3.22. The number of ketones is 1. The fraction of sp³-hybridized carbons (Fsp3) is 0.731. The Kier molecular flexibility index (Phi) is 5.70.